The summed E-state index contributed by atoms with van der Waals surface area (Å²) in [5.41, 5.74) is 1.00. The first-order valence-electron chi connectivity index (χ1n) is 9.52. The molecule has 0 aromatic carbocycles. The van der Waals surface area contributed by atoms with Gasteiger partial charge in [0.05, 0.1) is 11.1 Å². The molecule has 25 heavy (non-hydrogen) atoms. The molecule has 0 unspecified atom stereocenters. The van der Waals surface area contributed by atoms with Gasteiger partial charge in [0, 0.05) is 26.2 Å². The van der Waals surface area contributed by atoms with Crippen LogP contribution in [0.5, 0.6) is 0 Å². The molecule has 1 aromatic rings. The molecule has 1 aliphatic carbocycles. The molecular formula is C19H27N3O3. The Morgan fingerprint density at radius 2 is 1.96 bits per heavy atom. The first-order chi connectivity index (χ1) is 12.0. The molecule has 2 aliphatic heterocycles. The summed E-state index contributed by atoms with van der Waals surface area (Å²) in [4.78, 5) is 29.9. The van der Waals surface area contributed by atoms with Gasteiger partial charge in [-0.1, -0.05) is 5.16 Å². The molecule has 2 amide bonds. The van der Waals surface area contributed by atoms with E-state index in [0.29, 0.717) is 36.0 Å². The zero-order valence-electron chi connectivity index (χ0n) is 15.2. The molecule has 1 spiro atoms. The summed E-state index contributed by atoms with van der Waals surface area (Å²) >= 11 is 0. The monoisotopic (exact) mass is 345 g/mol. The molecule has 0 bridgehead atoms. The van der Waals surface area contributed by atoms with Gasteiger partial charge >= 0.3 is 0 Å². The summed E-state index contributed by atoms with van der Waals surface area (Å²) in [5, 5.41) is 3.90. The molecule has 6 nitrogen and oxygen atoms in total. The van der Waals surface area contributed by atoms with E-state index in [4.69, 9.17) is 4.52 Å². The normalized spacial score (nSPS) is 27.2. The smallest absolute Gasteiger partial charge is 0.259 e. The Morgan fingerprint density at radius 1 is 1.20 bits per heavy atom. The average Bonchev–Trinajstić information content (AvgIpc) is 3.32. The van der Waals surface area contributed by atoms with Gasteiger partial charge in [-0.2, -0.15) is 0 Å². The molecule has 136 valence electrons. The molecule has 6 heteroatoms. The number of hydrogen-bond donors (Lipinski definition) is 0. The predicted molar refractivity (Wildman–Crippen MR) is 92.1 cm³/mol. The molecule has 0 radical (unpaired) electrons. The fourth-order valence-corrected chi connectivity index (χ4v) is 4.49. The van der Waals surface area contributed by atoms with Crippen LogP contribution < -0.4 is 0 Å². The minimum Gasteiger partial charge on any atom is -0.361 e. The van der Waals surface area contributed by atoms with Gasteiger partial charge in [-0.3, -0.25) is 9.59 Å². The van der Waals surface area contributed by atoms with Gasteiger partial charge in [0.1, 0.15) is 11.3 Å². The van der Waals surface area contributed by atoms with E-state index >= 15 is 0 Å². The van der Waals surface area contributed by atoms with E-state index in [-0.39, 0.29) is 11.3 Å². The number of amides is 2. The fraction of sp³-hybridized carbons (Fsp3) is 0.737. The number of nitrogens with zero attached hydrogens (tertiary/aromatic N) is 3. The van der Waals surface area contributed by atoms with Crippen LogP contribution in [0.2, 0.25) is 0 Å². The SMILES string of the molecule is Cc1noc(C)c1C(=O)N1CCC[C@@]2(CC1)CCN(CC1CC1)C2=O. The number of aromatic nitrogens is 1. The van der Waals surface area contributed by atoms with Crippen LogP contribution in [-0.4, -0.2) is 52.9 Å². The molecule has 2 saturated heterocycles. The van der Waals surface area contributed by atoms with Crippen molar-refractivity contribution in [1.82, 2.24) is 15.0 Å². The topological polar surface area (TPSA) is 66.7 Å². The summed E-state index contributed by atoms with van der Waals surface area (Å²) in [7, 11) is 0. The molecule has 3 heterocycles. The van der Waals surface area contributed by atoms with E-state index in [1.165, 1.54) is 12.8 Å². The second-order valence-electron chi connectivity index (χ2n) is 8.07. The summed E-state index contributed by atoms with van der Waals surface area (Å²) in [6.45, 7) is 6.78. The fourth-order valence-electron chi connectivity index (χ4n) is 4.49. The van der Waals surface area contributed by atoms with Crippen molar-refractivity contribution in [2.24, 2.45) is 11.3 Å². The summed E-state index contributed by atoms with van der Waals surface area (Å²) in [6.07, 6.45) is 6.07. The lowest BCUT2D eigenvalue weighted by molar-refractivity contribution is -0.136. The van der Waals surface area contributed by atoms with E-state index in [1.807, 2.05) is 4.90 Å². The number of carbonyl (C=O) groups is 2. The van der Waals surface area contributed by atoms with E-state index in [9.17, 15) is 9.59 Å². The number of rotatable bonds is 3. The summed E-state index contributed by atoms with van der Waals surface area (Å²) < 4.78 is 5.15. The van der Waals surface area contributed by atoms with Crippen molar-refractivity contribution >= 4 is 11.8 Å². The third kappa shape index (κ3) is 2.96. The van der Waals surface area contributed by atoms with Crippen LogP contribution in [0.3, 0.4) is 0 Å². The van der Waals surface area contributed by atoms with Crippen LogP contribution in [-0.2, 0) is 4.79 Å². The van der Waals surface area contributed by atoms with Crippen molar-refractivity contribution in [3.05, 3.63) is 17.0 Å². The van der Waals surface area contributed by atoms with E-state index in [1.54, 1.807) is 13.8 Å². The molecule has 1 aromatic heterocycles. The van der Waals surface area contributed by atoms with Crippen LogP contribution in [0.1, 0.15) is 60.3 Å². The Labute approximate surface area is 148 Å². The van der Waals surface area contributed by atoms with Crippen LogP contribution in [0.25, 0.3) is 0 Å². The molecular weight excluding hydrogens is 318 g/mol. The maximum atomic E-state index is 13.0. The molecule has 1 atom stereocenters. The zero-order valence-corrected chi connectivity index (χ0v) is 15.2. The first kappa shape index (κ1) is 16.6. The Kier molecular flexibility index (Phi) is 4.08. The Balaban J connectivity index is 1.45. The number of likely N-dealkylation sites (tertiary alicyclic amines) is 2. The van der Waals surface area contributed by atoms with Crippen molar-refractivity contribution < 1.29 is 14.1 Å². The molecule has 0 N–H and O–H groups in total. The van der Waals surface area contributed by atoms with Gasteiger partial charge in [-0.05, 0) is 58.3 Å². The Hall–Kier alpha value is -1.85. The van der Waals surface area contributed by atoms with Gasteiger partial charge in [0.15, 0.2) is 0 Å². The first-order valence-corrected chi connectivity index (χ1v) is 9.52. The lowest BCUT2D eigenvalue weighted by Crippen LogP contribution is -2.37. The van der Waals surface area contributed by atoms with E-state index < -0.39 is 0 Å². The van der Waals surface area contributed by atoms with E-state index in [0.717, 1.165) is 44.7 Å². The van der Waals surface area contributed by atoms with Crippen molar-refractivity contribution in [3.63, 3.8) is 0 Å². The minimum absolute atomic E-state index is 0.00594. The predicted octanol–water partition coefficient (Wildman–Crippen LogP) is 2.55. The zero-order chi connectivity index (χ0) is 17.6. The number of hydrogen-bond acceptors (Lipinski definition) is 4. The highest BCUT2D eigenvalue weighted by atomic mass is 16.5. The average molecular weight is 345 g/mol. The third-order valence-electron chi connectivity index (χ3n) is 6.25. The second-order valence-corrected chi connectivity index (χ2v) is 8.07. The molecule has 4 rings (SSSR count). The van der Waals surface area contributed by atoms with Crippen molar-refractivity contribution in [2.45, 2.75) is 52.4 Å². The minimum atomic E-state index is -0.233. The number of aryl methyl sites for hydroxylation is 2. The van der Waals surface area contributed by atoms with Crippen LogP contribution in [0.4, 0.5) is 0 Å². The highest BCUT2D eigenvalue weighted by Crippen LogP contribution is 2.43. The summed E-state index contributed by atoms with van der Waals surface area (Å²) in [5.74, 6) is 1.65. The lowest BCUT2D eigenvalue weighted by atomic mass is 9.79. The van der Waals surface area contributed by atoms with Crippen molar-refractivity contribution in [1.29, 1.82) is 0 Å². The van der Waals surface area contributed by atoms with Gasteiger partial charge in [-0.25, -0.2) is 0 Å². The molecule has 3 aliphatic rings. The van der Waals surface area contributed by atoms with Gasteiger partial charge < -0.3 is 14.3 Å². The maximum Gasteiger partial charge on any atom is 0.259 e. The van der Waals surface area contributed by atoms with Crippen molar-refractivity contribution in [3.8, 4) is 0 Å². The highest BCUT2D eigenvalue weighted by molar-refractivity contribution is 5.96. The maximum absolute atomic E-state index is 13.0. The van der Waals surface area contributed by atoms with Crippen molar-refractivity contribution in [2.75, 3.05) is 26.2 Å². The highest BCUT2D eigenvalue weighted by Gasteiger charge is 2.48. The molecule has 1 saturated carbocycles. The van der Waals surface area contributed by atoms with E-state index in [2.05, 4.69) is 10.1 Å². The van der Waals surface area contributed by atoms with Crippen LogP contribution in [0, 0.1) is 25.2 Å². The second kappa shape index (κ2) is 6.15. The third-order valence-corrected chi connectivity index (χ3v) is 6.25. The quantitative estimate of drug-likeness (QED) is 0.844. The Bertz CT molecular complexity index is 675. The van der Waals surface area contributed by atoms with Gasteiger partial charge in [0.25, 0.3) is 5.91 Å². The standard InChI is InChI=1S/C19H27N3O3/c1-13-16(14(2)25-20-13)17(23)21-9-3-6-19(7-10-21)8-11-22(18(19)24)12-15-4-5-15/h15H,3-12H2,1-2H3/t19-/m1/s1. The van der Waals surface area contributed by atoms with Crippen LogP contribution >= 0.6 is 0 Å². The van der Waals surface area contributed by atoms with Crippen LogP contribution in [0.15, 0.2) is 4.52 Å². The lowest BCUT2D eigenvalue weighted by Gasteiger charge is -2.26. The Morgan fingerprint density at radius 3 is 2.64 bits per heavy atom. The molecule has 3 fully saturated rings. The summed E-state index contributed by atoms with van der Waals surface area (Å²) in [6, 6.07) is 0. The van der Waals surface area contributed by atoms with Gasteiger partial charge in [0.2, 0.25) is 5.91 Å². The van der Waals surface area contributed by atoms with Gasteiger partial charge in [-0.15, -0.1) is 0 Å². The number of carbonyl (C=O) groups excluding carboxylic acids is 2. The largest absolute Gasteiger partial charge is 0.361 e.